The zero-order valence-electron chi connectivity index (χ0n) is 10.7. The molecule has 0 aliphatic heterocycles. The van der Waals surface area contributed by atoms with Gasteiger partial charge in [0.2, 0.25) is 0 Å². The summed E-state index contributed by atoms with van der Waals surface area (Å²) in [5.74, 6) is 0. The molecule has 1 aromatic heterocycles. The number of hydrogen-bond donors (Lipinski definition) is 2. The van der Waals surface area contributed by atoms with Crippen LogP contribution < -0.4 is 10.6 Å². The fourth-order valence-corrected chi connectivity index (χ4v) is 2.35. The van der Waals surface area contributed by atoms with E-state index >= 15 is 0 Å². The Hall–Kier alpha value is -2.98. The van der Waals surface area contributed by atoms with Gasteiger partial charge in [-0.3, -0.25) is 0 Å². The first kappa shape index (κ1) is 13.0. The summed E-state index contributed by atoms with van der Waals surface area (Å²) in [5, 5.41) is 14.3. The van der Waals surface area contributed by atoms with E-state index < -0.39 is 6.03 Å². The molecule has 0 saturated heterocycles. The number of benzene rings is 2. The molecule has 7 heteroatoms. The molecule has 2 aromatic carbocycles. The van der Waals surface area contributed by atoms with Crippen molar-refractivity contribution >= 4 is 40.2 Å². The lowest BCUT2D eigenvalue weighted by molar-refractivity contribution is 0.262. The van der Waals surface area contributed by atoms with Crippen LogP contribution in [0.5, 0.6) is 0 Å². The Balaban J connectivity index is 1.75. The topological polar surface area (TPSA) is 90.7 Å². The van der Waals surface area contributed by atoms with Crippen molar-refractivity contribution in [1.82, 2.24) is 8.75 Å². The van der Waals surface area contributed by atoms with Gasteiger partial charge in [-0.2, -0.15) is 14.0 Å². The monoisotopic (exact) mass is 295 g/mol. The number of urea groups is 1. The minimum Gasteiger partial charge on any atom is -0.308 e. The van der Waals surface area contributed by atoms with Crippen LogP contribution in [-0.4, -0.2) is 14.8 Å². The minimum atomic E-state index is -0.416. The third-order valence-electron chi connectivity index (χ3n) is 2.81. The van der Waals surface area contributed by atoms with E-state index in [-0.39, 0.29) is 0 Å². The van der Waals surface area contributed by atoms with Crippen molar-refractivity contribution in [2.75, 3.05) is 10.6 Å². The number of nitrogens with one attached hydrogen (secondary N) is 2. The summed E-state index contributed by atoms with van der Waals surface area (Å²) in [6.07, 6.45) is 0. The number of carbonyl (C=O) groups is 1. The Morgan fingerprint density at radius 3 is 2.76 bits per heavy atom. The highest BCUT2D eigenvalue weighted by atomic mass is 32.1. The van der Waals surface area contributed by atoms with Crippen molar-refractivity contribution in [2.24, 2.45) is 0 Å². The second kappa shape index (κ2) is 5.56. The third kappa shape index (κ3) is 2.80. The molecular formula is C14H9N5OS. The quantitative estimate of drug-likeness (QED) is 0.759. The molecule has 102 valence electrons. The van der Waals surface area contributed by atoms with E-state index in [1.807, 2.05) is 6.07 Å². The molecule has 0 aliphatic rings. The number of aromatic nitrogens is 2. The molecule has 6 nitrogen and oxygen atoms in total. The van der Waals surface area contributed by atoms with Crippen molar-refractivity contribution in [3.05, 3.63) is 48.0 Å². The second-order valence-electron chi connectivity index (χ2n) is 4.20. The Labute approximate surface area is 124 Å². The van der Waals surface area contributed by atoms with Crippen molar-refractivity contribution in [3.63, 3.8) is 0 Å². The van der Waals surface area contributed by atoms with Gasteiger partial charge >= 0.3 is 6.03 Å². The van der Waals surface area contributed by atoms with Crippen LogP contribution in [0.3, 0.4) is 0 Å². The largest absolute Gasteiger partial charge is 0.323 e. The summed E-state index contributed by atoms with van der Waals surface area (Å²) in [5.41, 5.74) is 3.01. The van der Waals surface area contributed by atoms with Gasteiger partial charge in [-0.1, -0.05) is 12.1 Å². The maximum atomic E-state index is 12.0. The average molecular weight is 295 g/mol. The number of rotatable bonds is 2. The Morgan fingerprint density at radius 2 is 1.90 bits per heavy atom. The molecule has 2 amide bonds. The van der Waals surface area contributed by atoms with E-state index in [0.717, 1.165) is 22.8 Å². The van der Waals surface area contributed by atoms with Crippen molar-refractivity contribution in [3.8, 4) is 6.07 Å². The van der Waals surface area contributed by atoms with Gasteiger partial charge < -0.3 is 10.6 Å². The van der Waals surface area contributed by atoms with Gasteiger partial charge in [-0.15, -0.1) is 0 Å². The van der Waals surface area contributed by atoms with Crippen LogP contribution in [0.1, 0.15) is 5.56 Å². The normalized spacial score (nSPS) is 10.0. The summed E-state index contributed by atoms with van der Waals surface area (Å²) in [4.78, 5) is 12.0. The Kier molecular flexibility index (Phi) is 3.45. The Morgan fingerprint density at radius 1 is 1.10 bits per heavy atom. The van der Waals surface area contributed by atoms with Gasteiger partial charge in [0.25, 0.3) is 0 Å². The number of fused-ring (bicyclic) bond motifs is 1. The first-order valence-electron chi connectivity index (χ1n) is 6.06. The zero-order valence-corrected chi connectivity index (χ0v) is 11.5. The molecular weight excluding hydrogens is 286 g/mol. The molecule has 0 saturated carbocycles. The maximum absolute atomic E-state index is 12.0. The predicted molar refractivity (Wildman–Crippen MR) is 81.2 cm³/mol. The number of carbonyl (C=O) groups excluding carboxylic acids is 1. The highest BCUT2D eigenvalue weighted by Gasteiger charge is 2.07. The summed E-state index contributed by atoms with van der Waals surface area (Å²) in [6.45, 7) is 0. The smallest absolute Gasteiger partial charge is 0.308 e. The van der Waals surface area contributed by atoms with Crippen LogP contribution in [-0.2, 0) is 0 Å². The summed E-state index contributed by atoms with van der Waals surface area (Å²) >= 11 is 1.12. The van der Waals surface area contributed by atoms with Crippen LogP contribution in [0.2, 0.25) is 0 Å². The Bertz CT molecular complexity index is 852. The van der Waals surface area contributed by atoms with Gasteiger partial charge in [-0.05, 0) is 30.3 Å². The molecule has 0 unspecified atom stereocenters. The van der Waals surface area contributed by atoms with Gasteiger partial charge in [-0.25, -0.2) is 4.79 Å². The van der Waals surface area contributed by atoms with Crippen molar-refractivity contribution in [2.45, 2.75) is 0 Å². The minimum absolute atomic E-state index is 0.409. The summed E-state index contributed by atoms with van der Waals surface area (Å²) in [7, 11) is 0. The molecule has 0 atom stereocenters. The van der Waals surface area contributed by atoms with Gasteiger partial charge in [0.05, 0.1) is 23.0 Å². The van der Waals surface area contributed by atoms with Crippen LogP contribution in [0.25, 0.3) is 11.0 Å². The van der Waals surface area contributed by atoms with Crippen LogP contribution in [0.4, 0.5) is 16.2 Å². The molecule has 3 rings (SSSR count). The molecule has 3 aromatic rings. The molecule has 0 fully saturated rings. The number of para-hydroxylation sites is 1. The van der Waals surface area contributed by atoms with Crippen LogP contribution >= 0.6 is 11.7 Å². The van der Waals surface area contributed by atoms with E-state index in [1.54, 1.807) is 42.5 Å². The molecule has 0 spiro atoms. The number of amides is 2. The summed E-state index contributed by atoms with van der Waals surface area (Å²) < 4.78 is 8.21. The number of nitrogens with zero attached hydrogens (tertiary/aromatic N) is 3. The second-order valence-corrected chi connectivity index (χ2v) is 4.73. The maximum Gasteiger partial charge on any atom is 0.323 e. The first-order valence-corrected chi connectivity index (χ1v) is 6.79. The van der Waals surface area contributed by atoms with E-state index in [0.29, 0.717) is 16.9 Å². The lowest BCUT2D eigenvalue weighted by atomic mass is 10.2. The first-order chi connectivity index (χ1) is 10.3. The van der Waals surface area contributed by atoms with E-state index in [4.69, 9.17) is 5.26 Å². The SMILES string of the molecule is N#Cc1ccccc1NC(=O)Nc1ccc2nsnc2c1. The molecule has 1 heterocycles. The van der Waals surface area contributed by atoms with E-state index in [1.165, 1.54) is 0 Å². The molecule has 2 N–H and O–H groups in total. The van der Waals surface area contributed by atoms with Crippen molar-refractivity contribution in [1.29, 1.82) is 5.26 Å². The fraction of sp³-hybridized carbons (Fsp3) is 0. The lowest BCUT2D eigenvalue weighted by Gasteiger charge is -2.08. The number of anilines is 2. The summed E-state index contributed by atoms with van der Waals surface area (Å²) in [6, 6.07) is 13.7. The lowest BCUT2D eigenvalue weighted by Crippen LogP contribution is -2.19. The fourth-order valence-electron chi connectivity index (χ4n) is 1.83. The van der Waals surface area contributed by atoms with Gasteiger partial charge in [0.1, 0.15) is 17.1 Å². The van der Waals surface area contributed by atoms with Crippen LogP contribution in [0.15, 0.2) is 42.5 Å². The highest BCUT2D eigenvalue weighted by molar-refractivity contribution is 7.00. The van der Waals surface area contributed by atoms with Gasteiger partial charge in [0, 0.05) is 5.69 Å². The zero-order chi connectivity index (χ0) is 14.7. The average Bonchev–Trinajstić information content (AvgIpc) is 2.95. The van der Waals surface area contributed by atoms with Crippen molar-refractivity contribution < 1.29 is 4.79 Å². The van der Waals surface area contributed by atoms with E-state index in [2.05, 4.69) is 19.4 Å². The molecule has 21 heavy (non-hydrogen) atoms. The number of nitriles is 1. The van der Waals surface area contributed by atoms with Crippen LogP contribution in [0, 0.1) is 11.3 Å². The molecule has 0 bridgehead atoms. The standard InChI is InChI=1S/C14H9N5OS/c15-8-9-3-1-2-4-11(9)17-14(20)16-10-5-6-12-13(7-10)19-21-18-12/h1-7H,(H2,16,17,20). The predicted octanol–water partition coefficient (Wildman–Crippen LogP) is 3.21. The third-order valence-corrected chi connectivity index (χ3v) is 3.36. The number of hydrogen-bond acceptors (Lipinski definition) is 5. The highest BCUT2D eigenvalue weighted by Crippen LogP contribution is 2.18. The van der Waals surface area contributed by atoms with Gasteiger partial charge in [0.15, 0.2) is 0 Å². The molecule has 0 aliphatic carbocycles. The molecule has 0 radical (unpaired) electrons. The van der Waals surface area contributed by atoms with E-state index in [9.17, 15) is 4.79 Å².